The second-order valence-corrected chi connectivity index (χ2v) is 6.01. The molecule has 2 amide bonds. The second kappa shape index (κ2) is 10.6. The Kier molecular flexibility index (Phi) is 8.80. The van der Waals surface area contributed by atoms with Crippen LogP contribution in [0.5, 0.6) is 5.75 Å². The molecule has 0 bridgehead atoms. The predicted molar refractivity (Wildman–Crippen MR) is 91.1 cm³/mol. The molecular weight excluding hydrogens is 292 g/mol. The highest BCUT2D eigenvalue weighted by Crippen LogP contribution is 2.13. The molecule has 128 valence electrons. The van der Waals surface area contributed by atoms with E-state index in [1.807, 2.05) is 0 Å². The summed E-state index contributed by atoms with van der Waals surface area (Å²) in [5.41, 5.74) is 5.34. The number of unbranched alkanes of at least 4 members (excludes halogenated alkanes) is 2. The Bertz CT molecular complexity index is 484. The van der Waals surface area contributed by atoms with Crippen LogP contribution in [0, 0.1) is 5.92 Å². The summed E-state index contributed by atoms with van der Waals surface area (Å²) in [6.45, 7) is 7.04. The minimum atomic E-state index is -0.331. The van der Waals surface area contributed by atoms with Crippen molar-refractivity contribution in [2.75, 3.05) is 6.61 Å². The van der Waals surface area contributed by atoms with E-state index >= 15 is 0 Å². The number of rotatable bonds is 9. The predicted octanol–water partition coefficient (Wildman–Crippen LogP) is 3.45. The van der Waals surface area contributed by atoms with Gasteiger partial charge in [0, 0.05) is 12.0 Å². The highest BCUT2D eigenvalue weighted by molar-refractivity contribution is 5.95. The standard InChI is InChI=1S/C18H28N2O3/c1-4-5-6-7-17(21)19-20-18(22)15-8-10-16(11-9-15)23-13-12-14(2)3/h8-11,14H,4-7,12-13H2,1-3H3,(H,19,21)(H,20,22). The maximum Gasteiger partial charge on any atom is 0.269 e. The van der Waals surface area contributed by atoms with E-state index in [1.165, 1.54) is 0 Å². The van der Waals surface area contributed by atoms with Gasteiger partial charge >= 0.3 is 0 Å². The average Bonchev–Trinajstić information content (AvgIpc) is 2.53. The van der Waals surface area contributed by atoms with Gasteiger partial charge in [0.15, 0.2) is 0 Å². The minimum absolute atomic E-state index is 0.166. The van der Waals surface area contributed by atoms with Gasteiger partial charge in [0.1, 0.15) is 5.75 Å². The van der Waals surface area contributed by atoms with E-state index in [0.717, 1.165) is 31.4 Å². The van der Waals surface area contributed by atoms with Crippen molar-refractivity contribution < 1.29 is 14.3 Å². The van der Waals surface area contributed by atoms with Crippen LogP contribution in [-0.2, 0) is 4.79 Å². The minimum Gasteiger partial charge on any atom is -0.494 e. The van der Waals surface area contributed by atoms with Gasteiger partial charge in [0.2, 0.25) is 5.91 Å². The first-order chi connectivity index (χ1) is 11.0. The lowest BCUT2D eigenvalue weighted by Gasteiger charge is -2.09. The summed E-state index contributed by atoms with van der Waals surface area (Å²) in [4.78, 5) is 23.5. The van der Waals surface area contributed by atoms with Gasteiger partial charge in [0.25, 0.3) is 5.91 Å². The van der Waals surface area contributed by atoms with E-state index in [9.17, 15) is 9.59 Å². The van der Waals surface area contributed by atoms with E-state index in [0.29, 0.717) is 24.5 Å². The number of benzene rings is 1. The van der Waals surface area contributed by atoms with E-state index in [-0.39, 0.29) is 11.8 Å². The molecule has 0 aliphatic rings. The monoisotopic (exact) mass is 320 g/mol. The van der Waals surface area contributed by atoms with Gasteiger partial charge in [-0.3, -0.25) is 20.4 Å². The topological polar surface area (TPSA) is 67.4 Å². The summed E-state index contributed by atoms with van der Waals surface area (Å²) >= 11 is 0. The van der Waals surface area contributed by atoms with Crippen molar-refractivity contribution in [3.8, 4) is 5.75 Å². The SMILES string of the molecule is CCCCCC(=O)NNC(=O)c1ccc(OCCC(C)C)cc1. The number of nitrogens with one attached hydrogen (secondary N) is 2. The fourth-order valence-electron chi connectivity index (χ4n) is 1.91. The van der Waals surface area contributed by atoms with Gasteiger partial charge in [-0.25, -0.2) is 0 Å². The summed E-state index contributed by atoms with van der Waals surface area (Å²) in [5, 5.41) is 0. The number of ether oxygens (including phenoxy) is 1. The van der Waals surface area contributed by atoms with Gasteiger partial charge in [-0.05, 0) is 43.0 Å². The van der Waals surface area contributed by atoms with Crippen LogP contribution >= 0.6 is 0 Å². The number of carbonyl (C=O) groups is 2. The molecule has 0 fully saturated rings. The molecule has 0 aromatic heterocycles. The van der Waals surface area contributed by atoms with Crippen LogP contribution < -0.4 is 15.6 Å². The maximum atomic E-state index is 11.9. The smallest absolute Gasteiger partial charge is 0.269 e. The van der Waals surface area contributed by atoms with Crippen LogP contribution in [0.25, 0.3) is 0 Å². The quantitative estimate of drug-likeness (QED) is 0.541. The Morgan fingerprint density at radius 2 is 1.78 bits per heavy atom. The zero-order valence-corrected chi connectivity index (χ0v) is 14.4. The Balaban J connectivity index is 2.34. The zero-order valence-electron chi connectivity index (χ0n) is 14.4. The fourth-order valence-corrected chi connectivity index (χ4v) is 1.91. The summed E-state index contributed by atoms with van der Waals surface area (Å²) in [6, 6.07) is 6.89. The molecule has 0 unspecified atom stereocenters. The van der Waals surface area contributed by atoms with Crippen molar-refractivity contribution in [2.24, 2.45) is 5.92 Å². The first-order valence-electron chi connectivity index (χ1n) is 8.35. The third kappa shape index (κ3) is 8.24. The molecule has 2 N–H and O–H groups in total. The molecule has 5 heteroatoms. The van der Waals surface area contributed by atoms with Crippen molar-refractivity contribution in [1.82, 2.24) is 10.9 Å². The van der Waals surface area contributed by atoms with E-state index in [4.69, 9.17) is 4.74 Å². The largest absolute Gasteiger partial charge is 0.494 e. The number of amides is 2. The molecule has 0 saturated heterocycles. The van der Waals surface area contributed by atoms with Crippen LogP contribution in [0.3, 0.4) is 0 Å². The maximum absolute atomic E-state index is 11.9. The number of hydrogen-bond acceptors (Lipinski definition) is 3. The average molecular weight is 320 g/mol. The Morgan fingerprint density at radius 3 is 2.39 bits per heavy atom. The van der Waals surface area contributed by atoms with Crippen LogP contribution in [0.2, 0.25) is 0 Å². The summed E-state index contributed by atoms with van der Waals surface area (Å²) in [6.07, 6.45) is 4.33. The second-order valence-electron chi connectivity index (χ2n) is 6.01. The Morgan fingerprint density at radius 1 is 1.09 bits per heavy atom. The van der Waals surface area contributed by atoms with Crippen molar-refractivity contribution in [2.45, 2.75) is 52.9 Å². The third-order valence-corrected chi connectivity index (χ3v) is 3.40. The number of carbonyl (C=O) groups excluding carboxylic acids is 2. The van der Waals surface area contributed by atoms with Gasteiger partial charge < -0.3 is 4.74 Å². The molecule has 1 rings (SSSR count). The van der Waals surface area contributed by atoms with E-state index < -0.39 is 0 Å². The molecule has 5 nitrogen and oxygen atoms in total. The molecule has 0 spiro atoms. The number of hydrazine groups is 1. The lowest BCUT2D eigenvalue weighted by atomic mass is 10.1. The zero-order chi connectivity index (χ0) is 17.1. The summed E-state index contributed by atoms with van der Waals surface area (Å²) in [5.74, 6) is 0.842. The van der Waals surface area contributed by atoms with E-state index in [1.54, 1.807) is 24.3 Å². The highest BCUT2D eigenvalue weighted by Gasteiger charge is 2.07. The molecule has 1 aromatic carbocycles. The molecule has 0 saturated carbocycles. The normalized spacial score (nSPS) is 10.4. The molecule has 0 aliphatic carbocycles. The van der Waals surface area contributed by atoms with Crippen molar-refractivity contribution in [3.05, 3.63) is 29.8 Å². The molecule has 23 heavy (non-hydrogen) atoms. The van der Waals surface area contributed by atoms with Gasteiger partial charge in [-0.15, -0.1) is 0 Å². The molecule has 0 atom stereocenters. The Hall–Kier alpha value is -2.04. The molecular formula is C18H28N2O3. The highest BCUT2D eigenvalue weighted by atomic mass is 16.5. The molecule has 1 aromatic rings. The van der Waals surface area contributed by atoms with Gasteiger partial charge in [-0.2, -0.15) is 0 Å². The first-order valence-corrected chi connectivity index (χ1v) is 8.35. The van der Waals surface area contributed by atoms with Crippen LogP contribution in [0.15, 0.2) is 24.3 Å². The summed E-state index contributed by atoms with van der Waals surface area (Å²) in [7, 11) is 0. The first kappa shape index (κ1) is 19.0. The third-order valence-electron chi connectivity index (χ3n) is 3.40. The van der Waals surface area contributed by atoms with Crippen LogP contribution in [0.1, 0.15) is 63.2 Å². The van der Waals surface area contributed by atoms with Gasteiger partial charge in [-0.1, -0.05) is 33.6 Å². The van der Waals surface area contributed by atoms with Crippen LogP contribution in [-0.4, -0.2) is 18.4 Å². The van der Waals surface area contributed by atoms with E-state index in [2.05, 4.69) is 31.6 Å². The summed E-state index contributed by atoms with van der Waals surface area (Å²) < 4.78 is 5.60. The lowest BCUT2D eigenvalue weighted by Crippen LogP contribution is -2.41. The van der Waals surface area contributed by atoms with Crippen LogP contribution in [0.4, 0.5) is 0 Å². The Labute approximate surface area is 138 Å². The van der Waals surface area contributed by atoms with Crippen molar-refractivity contribution in [1.29, 1.82) is 0 Å². The lowest BCUT2D eigenvalue weighted by molar-refractivity contribution is -0.121. The van der Waals surface area contributed by atoms with Crippen molar-refractivity contribution in [3.63, 3.8) is 0 Å². The molecule has 0 radical (unpaired) electrons. The molecule has 0 aliphatic heterocycles. The molecule has 0 heterocycles. The fraction of sp³-hybridized carbons (Fsp3) is 0.556. The number of hydrogen-bond donors (Lipinski definition) is 2. The van der Waals surface area contributed by atoms with Crippen molar-refractivity contribution >= 4 is 11.8 Å². The van der Waals surface area contributed by atoms with Gasteiger partial charge in [0.05, 0.1) is 6.61 Å².